The maximum absolute atomic E-state index is 11.7. The number of anilines is 2. The van der Waals surface area contributed by atoms with Crippen LogP contribution in [0.15, 0.2) is 18.2 Å². The van der Waals surface area contributed by atoms with Crippen molar-refractivity contribution in [1.29, 1.82) is 0 Å². The van der Waals surface area contributed by atoms with Gasteiger partial charge in [0.1, 0.15) is 0 Å². The molecule has 1 atom stereocenters. The van der Waals surface area contributed by atoms with Crippen molar-refractivity contribution in [3.8, 4) is 0 Å². The predicted octanol–water partition coefficient (Wildman–Crippen LogP) is 2.06. The fourth-order valence-electron chi connectivity index (χ4n) is 1.81. The summed E-state index contributed by atoms with van der Waals surface area (Å²) in [5, 5.41) is 3.22. The Labute approximate surface area is 117 Å². The molecule has 5 nitrogen and oxygen atoms in total. The van der Waals surface area contributed by atoms with Gasteiger partial charge in [0.05, 0.1) is 36.4 Å². The molecule has 1 aliphatic heterocycles. The Bertz CT molecular complexity index is 448. The van der Waals surface area contributed by atoms with Crippen LogP contribution < -0.4 is 11.1 Å². The molecule has 1 unspecified atom stereocenters. The highest BCUT2D eigenvalue weighted by atomic mass is 35.5. The van der Waals surface area contributed by atoms with E-state index in [-0.39, 0.29) is 12.0 Å². The van der Waals surface area contributed by atoms with Gasteiger partial charge in [0.15, 0.2) is 0 Å². The number of hydrogen-bond acceptors (Lipinski definition) is 4. The molecule has 1 aliphatic rings. The second-order valence-corrected chi connectivity index (χ2v) is 4.80. The Hall–Kier alpha value is -1.30. The Morgan fingerprint density at radius 1 is 1.58 bits per heavy atom. The first-order valence-electron chi connectivity index (χ1n) is 6.19. The third-order valence-electron chi connectivity index (χ3n) is 2.85. The number of benzene rings is 1. The number of ether oxygens (including phenoxy) is 2. The van der Waals surface area contributed by atoms with Gasteiger partial charge in [0, 0.05) is 12.3 Å². The van der Waals surface area contributed by atoms with Crippen LogP contribution in [0.25, 0.3) is 0 Å². The minimum absolute atomic E-state index is 0.111. The van der Waals surface area contributed by atoms with E-state index in [0.717, 1.165) is 13.0 Å². The number of carbonyl (C=O) groups is 1. The average Bonchev–Trinajstić information content (AvgIpc) is 2.87. The third kappa shape index (κ3) is 4.38. The van der Waals surface area contributed by atoms with Crippen LogP contribution in [0.5, 0.6) is 0 Å². The van der Waals surface area contributed by atoms with E-state index in [9.17, 15) is 4.79 Å². The second-order valence-electron chi connectivity index (χ2n) is 4.39. The molecule has 0 radical (unpaired) electrons. The number of hydrogen-bond donors (Lipinski definition) is 2. The first kappa shape index (κ1) is 14.1. The van der Waals surface area contributed by atoms with Crippen LogP contribution in [-0.2, 0) is 14.3 Å². The van der Waals surface area contributed by atoms with Crippen molar-refractivity contribution in [2.75, 3.05) is 30.9 Å². The summed E-state index contributed by atoms with van der Waals surface area (Å²) in [5.41, 5.74) is 6.74. The summed E-state index contributed by atoms with van der Waals surface area (Å²) in [6, 6.07) is 4.99. The van der Waals surface area contributed by atoms with Crippen molar-refractivity contribution in [1.82, 2.24) is 0 Å². The lowest BCUT2D eigenvalue weighted by atomic mass is 10.2. The van der Waals surface area contributed by atoms with Crippen molar-refractivity contribution >= 4 is 28.9 Å². The Morgan fingerprint density at radius 3 is 3.11 bits per heavy atom. The standard InChI is InChI=1S/C13H17ClN2O3/c14-11-2-1-9(7-12(11)15)16-13(17)4-6-19-10-3-5-18-8-10/h1-2,7,10H,3-6,8,15H2,(H,16,17). The van der Waals surface area contributed by atoms with Gasteiger partial charge in [-0.2, -0.15) is 0 Å². The van der Waals surface area contributed by atoms with Crippen molar-refractivity contribution in [3.05, 3.63) is 23.2 Å². The first-order valence-corrected chi connectivity index (χ1v) is 6.57. The van der Waals surface area contributed by atoms with E-state index in [2.05, 4.69) is 5.32 Å². The van der Waals surface area contributed by atoms with E-state index in [1.54, 1.807) is 18.2 Å². The van der Waals surface area contributed by atoms with Crippen LogP contribution in [0.4, 0.5) is 11.4 Å². The molecule has 104 valence electrons. The topological polar surface area (TPSA) is 73.6 Å². The summed E-state index contributed by atoms with van der Waals surface area (Å²) < 4.78 is 10.7. The minimum Gasteiger partial charge on any atom is -0.397 e. The number of nitrogen functional groups attached to an aromatic ring is 1. The smallest absolute Gasteiger partial charge is 0.226 e. The number of rotatable bonds is 5. The van der Waals surface area contributed by atoms with Gasteiger partial charge in [0.2, 0.25) is 5.91 Å². The second kappa shape index (κ2) is 6.75. The molecule has 1 heterocycles. The van der Waals surface area contributed by atoms with Crippen molar-refractivity contribution < 1.29 is 14.3 Å². The summed E-state index contributed by atoms with van der Waals surface area (Å²) >= 11 is 5.80. The highest BCUT2D eigenvalue weighted by Gasteiger charge is 2.16. The van der Waals surface area contributed by atoms with Crippen molar-refractivity contribution in [2.24, 2.45) is 0 Å². The van der Waals surface area contributed by atoms with Gasteiger partial charge in [-0.1, -0.05) is 11.6 Å². The van der Waals surface area contributed by atoms with Crippen LogP contribution >= 0.6 is 11.6 Å². The quantitative estimate of drug-likeness (QED) is 0.812. The fourth-order valence-corrected chi connectivity index (χ4v) is 1.93. The molecule has 1 aromatic carbocycles. The summed E-state index contributed by atoms with van der Waals surface area (Å²) in [7, 11) is 0. The zero-order chi connectivity index (χ0) is 13.7. The van der Waals surface area contributed by atoms with Crippen LogP contribution in [0.3, 0.4) is 0 Å². The molecule has 0 aromatic heterocycles. The molecule has 6 heteroatoms. The van der Waals surface area contributed by atoms with E-state index in [0.29, 0.717) is 36.0 Å². The lowest BCUT2D eigenvalue weighted by molar-refractivity contribution is -0.117. The summed E-state index contributed by atoms with van der Waals surface area (Å²) in [4.78, 5) is 11.7. The van der Waals surface area contributed by atoms with E-state index in [4.69, 9.17) is 26.8 Å². The predicted molar refractivity (Wildman–Crippen MR) is 74.3 cm³/mol. The van der Waals surface area contributed by atoms with Crippen LogP contribution in [-0.4, -0.2) is 31.8 Å². The molecular weight excluding hydrogens is 268 g/mol. The monoisotopic (exact) mass is 284 g/mol. The molecule has 1 aromatic rings. The van der Waals surface area contributed by atoms with E-state index < -0.39 is 0 Å². The molecule has 19 heavy (non-hydrogen) atoms. The van der Waals surface area contributed by atoms with Crippen LogP contribution in [0, 0.1) is 0 Å². The van der Waals surface area contributed by atoms with Gasteiger partial charge in [-0.15, -0.1) is 0 Å². The number of nitrogens with one attached hydrogen (secondary N) is 1. The highest BCUT2D eigenvalue weighted by Crippen LogP contribution is 2.22. The zero-order valence-corrected chi connectivity index (χ0v) is 11.3. The molecule has 0 saturated carbocycles. The Kier molecular flexibility index (Phi) is 5.01. The number of nitrogens with two attached hydrogens (primary N) is 1. The Balaban J connectivity index is 1.72. The van der Waals surface area contributed by atoms with Gasteiger partial charge in [0.25, 0.3) is 0 Å². The molecule has 2 rings (SSSR count). The van der Waals surface area contributed by atoms with E-state index in [1.807, 2.05) is 0 Å². The lowest BCUT2D eigenvalue weighted by Crippen LogP contribution is -2.18. The van der Waals surface area contributed by atoms with Crippen LogP contribution in [0.1, 0.15) is 12.8 Å². The van der Waals surface area contributed by atoms with E-state index in [1.165, 1.54) is 0 Å². The third-order valence-corrected chi connectivity index (χ3v) is 3.19. The summed E-state index contributed by atoms with van der Waals surface area (Å²) in [6.07, 6.45) is 1.33. The van der Waals surface area contributed by atoms with Gasteiger partial charge >= 0.3 is 0 Å². The highest BCUT2D eigenvalue weighted by molar-refractivity contribution is 6.33. The number of carbonyl (C=O) groups excluding carboxylic acids is 1. The van der Waals surface area contributed by atoms with Crippen molar-refractivity contribution in [2.45, 2.75) is 18.9 Å². The molecule has 0 bridgehead atoms. The maximum atomic E-state index is 11.7. The molecule has 0 aliphatic carbocycles. The van der Waals surface area contributed by atoms with E-state index >= 15 is 0 Å². The van der Waals surface area contributed by atoms with Crippen LogP contribution in [0.2, 0.25) is 5.02 Å². The number of halogens is 1. The number of amides is 1. The SMILES string of the molecule is Nc1cc(NC(=O)CCOC2CCOC2)ccc1Cl. The molecule has 1 amide bonds. The molecule has 1 saturated heterocycles. The fraction of sp³-hybridized carbons (Fsp3) is 0.462. The van der Waals surface area contributed by atoms with Gasteiger partial charge in [-0.25, -0.2) is 0 Å². The Morgan fingerprint density at radius 2 is 2.42 bits per heavy atom. The molecule has 0 spiro atoms. The first-order chi connectivity index (χ1) is 9.15. The molecule has 1 fully saturated rings. The maximum Gasteiger partial charge on any atom is 0.226 e. The van der Waals surface area contributed by atoms with Gasteiger partial charge < -0.3 is 20.5 Å². The molecular formula is C13H17ClN2O3. The molecule has 3 N–H and O–H groups in total. The van der Waals surface area contributed by atoms with Gasteiger partial charge in [-0.3, -0.25) is 4.79 Å². The van der Waals surface area contributed by atoms with Crippen molar-refractivity contribution in [3.63, 3.8) is 0 Å². The van der Waals surface area contributed by atoms with Gasteiger partial charge in [-0.05, 0) is 24.6 Å². The summed E-state index contributed by atoms with van der Waals surface area (Å²) in [5.74, 6) is -0.111. The largest absolute Gasteiger partial charge is 0.397 e. The minimum atomic E-state index is -0.111. The normalized spacial score (nSPS) is 18.5. The lowest BCUT2D eigenvalue weighted by Gasteiger charge is -2.10. The zero-order valence-electron chi connectivity index (χ0n) is 10.5. The average molecular weight is 285 g/mol. The summed E-state index contributed by atoms with van der Waals surface area (Å²) in [6.45, 7) is 1.75.